The molecule has 120 valence electrons. The maximum Gasteiger partial charge on any atom is 0.243 e. The molecule has 0 aromatic rings. The summed E-state index contributed by atoms with van der Waals surface area (Å²) in [6.07, 6.45) is 8.28. The summed E-state index contributed by atoms with van der Waals surface area (Å²) in [7, 11) is 3.52. The lowest BCUT2D eigenvalue weighted by Crippen LogP contribution is -2.40. The number of rotatable bonds is 5. The molecule has 2 saturated carbocycles. The highest BCUT2D eigenvalue weighted by Gasteiger charge is 2.43. The number of carbonyl (C=O) groups is 1. The predicted molar refractivity (Wildman–Crippen MR) is 86.3 cm³/mol. The number of hydrogen-bond acceptors (Lipinski definition) is 2. The van der Waals surface area contributed by atoms with Gasteiger partial charge in [0.1, 0.15) is 6.54 Å². The van der Waals surface area contributed by atoms with Crippen LogP contribution in [0.25, 0.3) is 0 Å². The summed E-state index contributed by atoms with van der Waals surface area (Å²) >= 11 is 0. The normalized spacial score (nSPS) is 26.3. The minimum Gasteiger partial charge on any atom is -0.357 e. The second kappa shape index (κ2) is 7.66. The minimum atomic E-state index is 0.0341. The minimum absolute atomic E-state index is 0.0341. The molecule has 2 unspecified atom stereocenters. The van der Waals surface area contributed by atoms with Crippen LogP contribution in [0, 0.1) is 11.8 Å². The first-order valence-electron chi connectivity index (χ1n) is 8.36. The molecule has 2 aliphatic carbocycles. The van der Waals surface area contributed by atoms with Gasteiger partial charge in [-0.1, -0.05) is 32.1 Å². The number of hydrogen-bond donors (Lipinski definition) is 2. The van der Waals surface area contributed by atoms with E-state index in [0.717, 1.165) is 24.3 Å². The van der Waals surface area contributed by atoms with E-state index in [-0.39, 0.29) is 12.5 Å². The van der Waals surface area contributed by atoms with Crippen LogP contribution in [-0.2, 0) is 4.79 Å². The molecule has 1 amide bonds. The Hall–Kier alpha value is -1.26. The lowest BCUT2D eigenvalue weighted by molar-refractivity contribution is -0.127. The number of carbonyl (C=O) groups excluding carboxylic acids is 1. The van der Waals surface area contributed by atoms with E-state index in [0.29, 0.717) is 6.04 Å². The van der Waals surface area contributed by atoms with Crippen LogP contribution in [0.1, 0.15) is 45.4 Å². The largest absolute Gasteiger partial charge is 0.357 e. The van der Waals surface area contributed by atoms with Gasteiger partial charge in [0, 0.05) is 26.7 Å². The highest BCUT2D eigenvalue weighted by atomic mass is 16.2. The molecule has 0 radical (unpaired) electrons. The van der Waals surface area contributed by atoms with Crippen molar-refractivity contribution in [3.05, 3.63) is 0 Å². The molecule has 2 rings (SSSR count). The third-order valence-corrected chi connectivity index (χ3v) is 4.63. The smallest absolute Gasteiger partial charge is 0.243 e. The van der Waals surface area contributed by atoms with Crippen molar-refractivity contribution in [2.75, 3.05) is 27.2 Å². The van der Waals surface area contributed by atoms with Crippen LogP contribution in [0.4, 0.5) is 0 Å². The van der Waals surface area contributed by atoms with Gasteiger partial charge in [0.25, 0.3) is 0 Å². The Morgan fingerprint density at radius 1 is 1.24 bits per heavy atom. The molecule has 5 nitrogen and oxygen atoms in total. The molecule has 0 aliphatic heterocycles. The molecule has 0 bridgehead atoms. The van der Waals surface area contributed by atoms with Gasteiger partial charge in [-0.15, -0.1) is 0 Å². The van der Waals surface area contributed by atoms with E-state index in [1.165, 1.54) is 38.5 Å². The van der Waals surface area contributed by atoms with Crippen LogP contribution in [0.2, 0.25) is 0 Å². The lowest BCUT2D eigenvalue weighted by Gasteiger charge is -2.22. The van der Waals surface area contributed by atoms with Crippen LogP contribution < -0.4 is 10.6 Å². The molecule has 0 aromatic carbocycles. The summed E-state index contributed by atoms with van der Waals surface area (Å²) in [5.74, 6) is 2.55. The predicted octanol–water partition coefficient (Wildman–Crippen LogP) is 1.60. The van der Waals surface area contributed by atoms with Crippen molar-refractivity contribution in [1.29, 1.82) is 0 Å². The van der Waals surface area contributed by atoms with Crippen molar-refractivity contribution in [3.63, 3.8) is 0 Å². The maximum atomic E-state index is 11.6. The summed E-state index contributed by atoms with van der Waals surface area (Å²) in [5, 5.41) is 6.74. The zero-order chi connectivity index (χ0) is 15.2. The molecule has 5 heteroatoms. The van der Waals surface area contributed by atoms with Gasteiger partial charge in [0.15, 0.2) is 5.96 Å². The number of nitrogens with one attached hydrogen (secondary N) is 2. The van der Waals surface area contributed by atoms with E-state index >= 15 is 0 Å². The quantitative estimate of drug-likeness (QED) is 0.598. The van der Waals surface area contributed by atoms with E-state index in [1.54, 1.807) is 19.0 Å². The van der Waals surface area contributed by atoms with Gasteiger partial charge in [-0.05, 0) is 25.2 Å². The highest BCUT2D eigenvalue weighted by Crippen LogP contribution is 2.44. The topological polar surface area (TPSA) is 56.7 Å². The summed E-state index contributed by atoms with van der Waals surface area (Å²) in [4.78, 5) is 17.6. The Bertz CT molecular complexity index is 374. The fourth-order valence-corrected chi connectivity index (χ4v) is 3.25. The zero-order valence-electron chi connectivity index (χ0n) is 13.7. The molecule has 2 aliphatic rings. The Morgan fingerprint density at radius 3 is 2.57 bits per heavy atom. The van der Waals surface area contributed by atoms with Gasteiger partial charge < -0.3 is 15.5 Å². The van der Waals surface area contributed by atoms with Crippen LogP contribution in [0.3, 0.4) is 0 Å². The molecule has 2 N–H and O–H groups in total. The molecule has 2 atom stereocenters. The van der Waals surface area contributed by atoms with Crippen LogP contribution in [0.5, 0.6) is 0 Å². The second-order valence-corrected chi connectivity index (χ2v) is 6.53. The molecule has 21 heavy (non-hydrogen) atoms. The Labute approximate surface area is 128 Å². The van der Waals surface area contributed by atoms with Crippen molar-refractivity contribution in [2.45, 2.75) is 51.5 Å². The molecule has 0 heterocycles. The van der Waals surface area contributed by atoms with Gasteiger partial charge in [0.05, 0.1) is 0 Å². The van der Waals surface area contributed by atoms with Gasteiger partial charge in [-0.2, -0.15) is 0 Å². The summed E-state index contributed by atoms with van der Waals surface area (Å²) < 4.78 is 0. The highest BCUT2D eigenvalue weighted by molar-refractivity contribution is 5.85. The fourth-order valence-electron chi connectivity index (χ4n) is 3.25. The second-order valence-electron chi connectivity index (χ2n) is 6.53. The standard InChI is InChI=1S/C16H30N4O/c1-4-17-16(18-11-15(21)20(2)3)19-14-10-13(14)12-8-6-5-7-9-12/h12-14H,4-11H2,1-3H3,(H2,17,18,19). The Morgan fingerprint density at radius 2 is 1.95 bits per heavy atom. The Balaban J connectivity index is 1.80. The molecule has 0 aromatic heterocycles. The Kier molecular flexibility index (Phi) is 5.88. The molecule has 0 saturated heterocycles. The van der Waals surface area contributed by atoms with Crippen molar-refractivity contribution >= 4 is 11.9 Å². The average Bonchev–Trinajstić information content (AvgIpc) is 3.24. The van der Waals surface area contributed by atoms with E-state index in [9.17, 15) is 4.79 Å². The first kappa shape index (κ1) is 16.1. The molecular formula is C16H30N4O. The number of amides is 1. The van der Waals surface area contributed by atoms with E-state index < -0.39 is 0 Å². The number of likely N-dealkylation sites (N-methyl/N-ethyl adjacent to an activating group) is 1. The monoisotopic (exact) mass is 294 g/mol. The average molecular weight is 294 g/mol. The summed E-state index contributed by atoms with van der Waals surface area (Å²) in [5.41, 5.74) is 0. The number of guanidine groups is 1. The summed E-state index contributed by atoms with van der Waals surface area (Å²) in [6.45, 7) is 3.09. The van der Waals surface area contributed by atoms with Crippen LogP contribution >= 0.6 is 0 Å². The summed E-state index contributed by atoms with van der Waals surface area (Å²) in [6, 6.07) is 0.556. The zero-order valence-corrected chi connectivity index (χ0v) is 13.7. The van der Waals surface area contributed by atoms with Gasteiger partial charge in [-0.25, -0.2) is 4.99 Å². The van der Waals surface area contributed by atoms with Crippen LogP contribution in [0.15, 0.2) is 4.99 Å². The van der Waals surface area contributed by atoms with Crippen molar-refractivity contribution in [3.8, 4) is 0 Å². The van der Waals surface area contributed by atoms with E-state index in [4.69, 9.17) is 0 Å². The van der Waals surface area contributed by atoms with E-state index in [1.807, 2.05) is 0 Å². The van der Waals surface area contributed by atoms with Crippen LogP contribution in [-0.4, -0.2) is 50.0 Å². The van der Waals surface area contributed by atoms with Crippen molar-refractivity contribution < 1.29 is 4.79 Å². The third kappa shape index (κ3) is 4.90. The van der Waals surface area contributed by atoms with Crippen molar-refractivity contribution in [2.24, 2.45) is 16.8 Å². The van der Waals surface area contributed by atoms with Gasteiger partial charge in [0.2, 0.25) is 5.91 Å². The number of aliphatic imine (C=N–C) groups is 1. The third-order valence-electron chi connectivity index (χ3n) is 4.63. The molecule has 0 spiro atoms. The lowest BCUT2D eigenvalue weighted by atomic mass is 9.85. The molecular weight excluding hydrogens is 264 g/mol. The maximum absolute atomic E-state index is 11.6. The number of nitrogens with zero attached hydrogens (tertiary/aromatic N) is 2. The fraction of sp³-hybridized carbons (Fsp3) is 0.875. The van der Waals surface area contributed by atoms with Gasteiger partial charge >= 0.3 is 0 Å². The molecule has 2 fully saturated rings. The SMILES string of the molecule is CCNC(=NCC(=O)N(C)C)NC1CC1C1CCCCC1. The van der Waals surface area contributed by atoms with E-state index in [2.05, 4.69) is 22.5 Å². The van der Waals surface area contributed by atoms with Gasteiger partial charge in [-0.3, -0.25) is 4.79 Å². The first-order valence-corrected chi connectivity index (χ1v) is 8.36. The van der Waals surface area contributed by atoms with Crippen molar-refractivity contribution in [1.82, 2.24) is 15.5 Å². The first-order chi connectivity index (χ1) is 10.1.